The summed E-state index contributed by atoms with van der Waals surface area (Å²) >= 11 is -1.16. The highest BCUT2D eigenvalue weighted by Gasteiger charge is 2.37. The molecule has 0 radical (unpaired) electrons. The summed E-state index contributed by atoms with van der Waals surface area (Å²) in [7, 11) is -4.15. The van der Waals surface area contributed by atoms with Crippen LogP contribution in [0, 0.1) is 5.82 Å². The van der Waals surface area contributed by atoms with Crippen LogP contribution >= 0.6 is 11.3 Å². The van der Waals surface area contributed by atoms with Gasteiger partial charge in [0.05, 0.1) is 22.5 Å². The van der Waals surface area contributed by atoms with Gasteiger partial charge in [-0.1, -0.05) is 54.6 Å². The molecule has 2 aromatic heterocycles. The number of nitrogens with one attached hydrogen (secondary N) is 1. The van der Waals surface area contributed by atoms with Gasteiger partial charge in [-0.05, 0) is 29.3 Å². The summed E-state index contributed by atoms with van der Waals surface area (Å²) in [4.78, 5) is 4.55. The van der Waals surface area contributed by atoms with Crippen LogP contribution in [-0.4, -0.2) is 32.4 Å². The van der Waals surface area contributed by atoms with Crippen LogP contribution in [0.4, 0.5) is 4.39 Å². The van der Waals surface area contributed by atoms with E-state index in [1.807, 2.05) is 42.5 Å². The lowest BCUT2D eigenvalue weighted by molar-refractivity contribution is 0.441. The van der Waals surface area contributed by atoms with Crippen molar-refractivity contribution in [2.24, 2.45) is 0 Å². The molecule has 0 aliphatic heterocycles. The molecular weight excluding hydrogens is 539 g/mol. The highest BCUT2D eigenvalue weighted by Crippen LogP contribution is 2.38. The predicted molar refractivity (Wildman–Crippen MR) is 138 cm³/mol. The first-order valence-electron chi connectivity index (χ1n) is 10.9. The Hall–Kier alpha value is -3.36. The molecule has 0 fully saturated rings. The summed E-state index contributed by atoms with van der Waals surface area (Å²) in [6.07, 6.45) is 0. The number of hydrogen-bond donors (Lipinski definition) is 2. The molecule has 0 aliphatic carbocycles. The highest BCUT2D eigenvalue weighted by molar-refractivity contribution is 7.91. The lowest BCUT2D eigenvalue weighted by Crippen LogP contribution is -2.18. The van der Waals surface area contributed by atoms with E-state index in [9.17, 15) is 17.0 Å². The standard InChI is InChI=1S/C24H19FN4O5S3/c25-18-9-5-4-8-17(18)14-37(32,33)22(23-29-28-21(34-23)13-26-36(30)31)24-27-19-11-10-16(12-20(19)35-24)15-6-2-1-3-7-15/h1-12,22,26H,13-14H2,(H,30,31). The molecule has 190 valence electrons. The molecule has 2 heterocycles. The molecule has 0 aliphatic rings. The van der Waals surface area contributed by atoms with Gasteiger partial charge in [-0.25, -0.2) is 26.7 Å². The Morgan fingerprint density at radius 2 is 1.78 bits per heavy atom. The van der Waals surface area contributed by atoms with E-state index in [-0.39, 0.29) is 28.9 Å². The van der Waals surface area contributed by atoms with Gasteiger partial charge in [0.2, 0.25) is 23.0 Å². The fourth-order valence-corrected chi connectivity index (χ4v) is 7.17. The molecule has 2 N–H and O–H groups in total. The SMILES string of the molecule is O=S(O)NCc1nnc(C(c2nc3ccc(-c4ccccc4)cc3s2)S(=O)(=O)Cc2ccccc2F)o1. The predicted octanol–water partition coefficient (Wildman–Crippen LogP) is 4.42. The molecule has 5 aromatic rings. The minimum atomic E-state index is -4.15. The van der Waals surface area contributed by atoms with Crippen LogP contribution in [0.15, 0.2) is 77.2 Å². The van der Waals surface area contributed by atoms with Crippen LogP contribution in [0.2, 0.25) is 0 Å². The van der Waals surface area contributed by atoms with Crippen molar-refractivity contribution in [3.8, 4) is 11.1 Å². The number of fused-ring (bicyclic) bond motifs is 1. The van der Waals surface area contributed by atoms with Gasteiger partial charge < -0.3 is 4.42 Å². The smallest absolute Gasteiger partial charge is 0.241 e. The third-order valence-electron chi connectivity index (χ3n) is 5.46. The van der Waals surface area contributed by atoms with Crippen LogP contribution < -0.4 is 4.72 Å². The second-order valence-corrected chi connectivity index (χ2v) is 11.9. The van der Waals surface area contributed by atoms with Gasteiger partial charge in [0, 0.05) is 5.56 Å². The van der Waals surface area contributed by atoms with Crippen LogP contribution in [0.1, 0.15) is 27.6 Å². The van der Waals surface area contributed by atoms with E-state index < -0.39 is 37.9 Å². The second kappa shape index (κ2) is 10.6. The van der Waals surface area contributed by atoms with Gasteiger partial charge in [-0.3, -0.25) is 4.55 Å². The van der Waals surface area contributed by atoms with Crippen LogP contribution in [0.3, 0.4) is 0 Å². The van der Waals surface area contributed by atoms with E-state index in [1.54, 1.807) is 12.1 Å². The lowest BCUT2D eigenvalue weighted by Gasteiger charge is -2.12. The van der Waals surface area contributed by atoms with Crippen molar-refractivity contribution in [3.63, 3.8) is 0 Å². The number of rotatable bonds is 9. The lowest BCUT2D eigenvalue weighted by atomic mass is 10.1. The minimum Gasteiger partial charge on any atom is -0.422 e. The average molecular weight is 559 g/mol. The molecule has 9 nitrogen and oxygen atoms in total. The van der Waals surface area contributed by atoms with Gasteiger partial charge in [-0.15, -0.1) is 21.5 Å². The van der Waals surface area contributed by atoms with Crippen LogP contribution in [0.25, 0.3) is 21.3 Å². The molecule has 0 bridgehead atoms. The Labute approximate surface area is 217 Å². The summed E-state index contributed by atoms with van der Waals surface area (Å²) in [5.74, 6) is -1.62. The maximum Gasteiger partial charge on any atom is 0.241 e. The maximum absolute atomic E-state index is 14.4. The number of sulfone groups is 1. The molecule has 0 spiro atoms. The third kappa shape index (κ3) is 5.65. The van der Waals surface area contributed by atoms with Crippen molar-refractivity contribution in [3.05, 3.63) is 101 Å². The fraction of sp³-hybridized carbons (Fsp3) is 0.125. The zero-order valence-corrected chi connectivity index (χ0v) is 21.4. The molecule has 13 heteroatoms. The molecule has 0 saturated carbocycles. The number of halogens is 1. The van der Waals surface area contributed by atoms with E-state index in [0.717, 1.165) is 27.2 Å². The van der Waals surface area contributed by atoms with Gasteiger partial charge in [-0.2, -0.15) is 0 Å². The molecule has 0 amide bonds. The van der Waals surface area contributed by atoms with Crippen molar-refractivity contribution in [1.82, 2.24) is 19.9 Å². The number of hydrogen-bond acceptors (Lipinski definition) is 8. The Bertz CT molecular complexity index is 1690. The zero-order chi connectivity index (χ0) is 26.0. The summed E-state index contributed by atoms with van der Waals surface area (Å²) < 4.78 is 70.1. The summed E-state index contributed by atoms with van der Waals surface area (Å²) in [6.45, 7) is -0.253. The highest BCUT2D eigenvalue weighted by atomic mass is 32.2. The molecule has 37 heavy (non-hydrogen) atoms. The minimum absolute atomic E-state index is 0.00272. The Balaban J connectivity index is 1.58. The van der Waals surface area contributed by atoms with Crippen LogP contribution in [-0.2, 0) is 33.4 Å². The summed E-state index contributed by atoms with van der Waals surface area (Å²) in [5, 5.41) is 6.41. The maximum atomic E-state index is 14.4. The van der Waals surface area contributed by atoms with E-state index in [2.05, 4.69) is 19.9 Å². The van der Waals surface area contributed by atoms with E-state index in [1.165, 1.54) is 18.2 Å². The van der Waals surface area contributed by atoms with Crippen LogP contribution in [0.5, 0.6) is 0 Å². The van der Waals surface area contributed by atoms with Crippen molar-refractivity contribution in [1.29, 1.82) is 0 Å². The Morgan fingerprint density at radius 1 is 1.03 bits per heavy atom. The quantitative estimate of drug-likeness (QED) is 0.254. The normalized spacial score (nSPS) is 13.6. The second-order valence-electron chi connectivity index (χ2n) is 7.98. The number of aromatic nitrogens is 3. The molecule has 2 atom stereocenters. The largest absolute Gasteiger partial charge is 0.422 e. The topological polar surface area (TPSA) is 135 Å². The molecule has 2 unspecified atom stereocenters. The van der Waals surface area contributed by atoms with Crippen molar-refractivity contribution >= 4 is 42.7 Å². The number of benzene rings is 3. The molecular formula is C24H19FN4O5S3. The third-order valence-corrected chi connectivity index (χ3v) is 8.94. The van der Waals surface area contributed by atoms with Gasteiger partial charge in [0.15, 0.2) is 15.1 Å². The molecule has 0 saturated heterocycles. The first kappa shape index (κ1) is 25.3. The molecule has 5 rings (SSSR count). The zero-order valence-electron chi connectivity index (χ0n) is 18.9. The summed E-state index contributed by atoms with van der Waals surface area (Å²) in [6, 6.07) is 21.0. The number of nitrogens with zero attached hydrogens (tertiary/aromatic N) is 3. The Kier molecular flexibility index (Phi) is 7.22. The Morgan fingerprint density at radius 3 is 2.54 bits per heavy atom. The average Bonchev–Trinajstić information content (AvgIpc) is 3.51. The van der Waals surface area contributed by atoms with E-state index in [4.69, 9.17) is 8.97 Å². The van der Waals surface area contributed by atoms with Gasteiger partial charge in [0.25, 0.3) is 0 Å². The number of thiazole rings is 1. The van der Waals surface area contributed by atoms with Crippen molar-refractivity contribution in [2.75, 3.05) is 0 Å². The van der Waals surface area contributed by atoms with Crippen molar-refractivity contribution < 1.29 is 26.0 Å². The first-order valence-corrected chi connectivity index (χ1v) is 14.5. The monoisotopic (exact) mass is 558 g/mol. The fourth-order valence-electron chi connectivity index (χ4n) is 3.76. The van der Waals surface area contributed by atoms with Crippen molar-refractivity contribution in [2.45, 2.75) is 17.5 Å². The molecule has 3 aromatic carbocycles. The van der Waals surface area contributed by atoms with Gasteiger partial charge >= 0.3 is 0 Å². The van der Waals surface area contributed by atoms with E-state index in [0.29, 0.717) is 5.52 Å². The van der Waals surface area contributed by atoms with E-state index >= 15 is 0 Å². The first-order chi connectivity index (χ1) is 17.8. The summed E-state index contributed by atoms with van der Waals surface area (Å²) in [5.41, 5.74) is 2.52. The van der Waals surface area contributed by atoms with Gasteiger partial charge in [0.1, 0.15) is 10.8 Å².